The topological polar surface area (TPSA) is 235 Å². The number of nitrogens with zero attached hydrogens (tertiary/aromatic N) is 2. The Morgan fingerprint density at radius 1 is 0.407 bits per heavy atom. The zero-order valence-corrected chi connectivity index (χ0v) is 29.9. The van der Waals surface area contributed by atoms with E-state index in [1.807, 2.05) is 0 Å². The van der Waals surface area contributed by atoms with E-state index in [-0.39, 0.29) is 36.1 Å². The first-order valence-electron chi connectivity index (χ1n) is 15.8. The number of benzene rings is 2. The zero-order valence-electron chi connectivity index (χ0n) is 29.9. The summed E-state index contributed by atoms with van der Waals surface area (Å²) in [4.78, 5) is 97.0. The van der Waals surface area contributed by atoms with Crippen molar-refractivity contribution in [1.82, 2.24) is 0 Å². The molecule has 54 heavy (non-hydrogen) atoms. The molecule has 2 rings (SSSR count). The maximum atomic E-state index is 12.6. The van der Waals surface area contributed by atoms with Crippen LogP contribution in [-0.2, 0) is 76.3 Å². The van der Waals surface area contributed by atoms with E-state index in [4.69, 9.17) is 28.4 Å². The Morgan fingerprint density at radius 3 is 0.926 bits per heavy atom. The largest absolute Gasteiger partial charge is 0.488 e. The number of hydrogen-bond donors (Lipinski definition) is 0. The van der Waals surface area contributed by atoms with Gasteiger partial charge < -0.3 is 57.2 Å². The molecule has 0 bridgehead atoms. The van der Waals surface area contributed by atoms with Crippen LogP contribution in [0.3, 0.4) is 0 Å². The molecule has 0 saturated carbocycles. The zero-order chi connectivity index (χ0) is 39.9. The molecule has 0 radical (unpaired) electrons. The molecule has 20 heteroatoms. The highest BCUT2D eigenvalue weighted by molar-refractivity contribution is 5.84. The maximum absolute atomic E-state index is 12.6. The average molecular weight is 765 g/mol. The first-order chi connectivity index (χ1) is 25.7. The Hall–Kier alpha value is -6.60. The van der Waals surface area contributed by atoms with Crippen LogP contribution in [0.5, 0.6) is 11.5 Å². The minimum atomic E-state index is -0.867. The second-order valence-electron chi connectivity index (χ2n) is 10.4. The normalized spacial score (nSPS) is 10.1. The molecule has 20 nitrogen and oxygen atoms in total. The summed E-state index contributed by atoms with van der Waals surface area (Å²) in [5, 5.41) is 0. The van der Waals surface area contributed by atoms with Gasteiger partial charge in [-0.05, 0) is 24.3 Å². The molecule has 2 aromatic carbocycles. The average Bonchev–Trinajstić information content (AvgIpc) is 3.09. The molecule has 0 spiro atoms. The number of esters is 8. The summed E-state index contributed by atoms with van der Waals surface area (Å²) in [7, 11) is 0. The molecule has 0 N–H and O–H groups in total. The third kappa shape index (κ3) is 18.1. The van der Waals surface area contributed by atoms with E-state index in [0.717, 1.165) is 27.7 Å². The third-order valence-electron chi connectivity index (χ3n) is 6.22. The van der Waals surface area contributed by atoms with Gasteiger partial charge in [0.2, 0.25) is 27.2 Å². The van der Waals surface area contributed by atoms with Crippen LogP contribution in [0.4, 0.5) is 11.4 Å². The van der Waals surface area contributed by atoms with Crippen molar-refractivity contribution < 1.29 is 85.7 Å². The lowest BCUT2D eigenvalue weighted by molar-refractivity contribution is -0.167. The van der Waals surface area contributed by atoms with Gasteiger partial charge >= 0.3 is 47.8 Å². The van der Waals surface area contributed by atoms with Crippen LogP contribution < -0.4 is 19.3 Å². The molecule has 0 aliphatic rings. The van der Waals surface area contributed by atoms with E-state index in [1.165, 1.54) is 9.80 Å². The van der Waals surface area contributed by atoms with Crippen molar-refractivity contribution in [3.8, 4) is 11.5 Å². The fourth-order valence-electron chi connectivity index (χ4n) is 3.96. The molecule has 0 fully saturated rings. The summed E-state index contributed by atoms with van der Waals surface area (Å²) in [6.45, 7) is -0.391. The molecule has 0 aliphatic heterocycles. The Kier molecular flexibility index (Phi) is 19.2. The van der Waals surface area contributed by atoms with Gasteiger partial charge in [-0.15, -0.1) is 0 Å². The lowest BCUT2D eigenvalue weighted by Crippen LogP contribution is -2.37. The number of ether oxygens (including phenoxy) is 10. The number of rotatable bonds is 23. The van der Waals surface area contributed by atoms with Crippen molar-refractivity contribution in [2.45, 2.75) is 27.7 Å². The van der Waals surface area contributed by atoms with Gasteiger partial charge in [-0.2, -0.15) is 0 Å². The minimum Gasteiger partial charge on any atom is -0.488 e. The predicted octanol–water partition coefficient (Wildman–Crippen LogP) is 1.01. The molecular formula is C34H40N2O18. The molecule has 0 heterocycles. The van der Waals surface area contributed by atoms with Gasteiger partial charge in [0.25, 0.3) is 0 Å². The predicted molar refractivity (Wildman–Crippen MR) is 179 cm³/mol. The van der Waals surface area contributed by atoms with Gasteiger partial charge in [0.1, 0.15) is 50.9 Å². The summed E-state index contributed by atoms with van der Waals surface area (Å²) >= 11 is 0. The second kappa shape index (κ2) is 23.8. The fraction of sp³-hybridized carbons (Fsp3) is 0.412. The van der Waals surface area contributed by atoms with Gasteiger partial charge in [0.05, 0.1) is 11.4 Å². The highest BCUT2D eigenvalue weighted by Crippen LogP contribution is 2.30. The first kappa shape index (κ1) is 43.6. The Bertz CT molecular complexity index is 1430. The summed E-state index contributed by atoms with van der Waals surface area (Å²) in [5.74, 6) is -5.79. The second-order valence-corrected chi connectivity index (χ2v) is 10.4. The van der Waals surface area contributed by atoms with E-state index < -0.39 is 101 Å². The molecule has 0 saturated heterocycles. The van der Waals surface area contributed by atoms with Gasteiger partial charge in [0, 0.05) is 27.7 Å². The molecule has 0 unspecified atom stereocenters. The number of carbonyl (C=O) groups excluding carboxylic acids is 8. The third-order valence-corrected chi connectivity index (χ3v) is 6.22. The van der Waals surface area contributed by atoms with E-state index in [9.17, 15) is 38.4 Å². The molecule has 0 aromatic heterocycles. The number of hydrogen-bond acceptors (Lipinski definition) is 20. The first-order valence-corrected chi connectivity index (χ1v) is 15.8. The Balaban J connectivity index is 2.20. The summed E-state index contributed by atoms with van der Waals surface area (Å²) in [6.07, 6.45) is 0. The standard InChI is InChI=1S/C34H40N2O18/c1-23(37)47-19-51-31(41)15-35(16-32(42)52-20-48-24(2)38)27-9-5-7-11-29(27)45-13-14-46-30-12-8-6-10-28(30)36(17-33(43)53-21-49-25(3)39)18-34(44)54-22-50-26(4)40/h5-12H,13-22H2,1-4H3. The lowest BCUT2D eigenvalue weighted by atomic mass is 10.2. The van der Waals surface area contributed by atoms with Gasteiger partial charge in [-0.25, -0.2) is 0 Å². The highest BCUT2D eigenvalue weighted by atomic mass is 16.7. The Labute approximate surface area is 308 Å². The maximum Gasteiger partial charge on any atom is 0.328 e. The molecule has 294 valence electrons. The number of anilines is 2. The Morgan fingerprint density at radius 2 is 0.667 bits per heavy atom. The molecule has 0 amide bonds. The highest BCUT2D eigenvalue weighted by Gasteiger charge is 2.23. The molecular weight excluding hydrogens is 724 g/mol. The van der Waals surface area contributed by atoms with Gasteiger partial charge in [-0.3, -0.25) is 38.4 Å². The summed E-state index contributed by atoms with van der Waals surface area (Å²) in [6, 6.07) is 12.7. The van der Waals surface area contributed by atoms with Crippen molar-refractivity contribution in [3.63, 3.8) is 0 Å². The molecule has 2 aromatic rings. The smallest absolute Gasteiger partial charge is 0.328 e. The van der Waals surface area contributed by atoms with Crippen molar-refractivity contribution in [3.05, 3.63) is 48.5 Å². The SMILES string of the molecule is CC(=O)OCOC(=O)CN(CC(=O)OCOC(C)=O)c1ccccc1OCCOc1ccccc1N(CC(=O)OCOC(C)=O)CC(=O)OCOC(C)=O. The van der Waals surface area contributed by atoms with E-state index >= 15 is 0 Å². The van der Waals surface area contributed by atoms with Crippen LogP contribution in [0.1, 0.15) is 27.7 Å². The van der Waals surface area contributed by atoms with E-state index in [2.05, 4.69) is 18.9 Å². The van der Waals surface area contributed by atoms with Gasteiger partial charge in [-0.1, -0.05) is 24.3 Å². The van der Waals surface area contributed by atoms with Crippen molar-refractivity contribution in [1.29, 1.82) is 0 Å². The summed E-state index contributed by atoms with van der Waals surface area (Å²) < 4.78 is 50.0. The van der Waals surface area contributed by atoms with E-state index in [0.29, 0.717) is 0 Å². The van der Waals surface area contributed by atoms with Gasteiger partial charge in [0.15, 0.2) is 0 Å². The van der Waals surface area contributed by atoms with Crippen LogP contribution in [0.15, 0.2) is 48.5 Å². The van der Waals surface area contributed by atoms with Crippen LogP contribution in [0, 0.1) is 0 Å². The van der Waals surface area contributed by atoms with Crippen LogP contribution in [0.2, 0.25) is 0 Å². The van der Waals surface area contributed by atoms with Crippen LogP contribution >= 0.6 is 0 Å². The number of carbonyl (C=O) groups is 8. The summed E-state index contributed by atoms with van der Waals surface area (Å²) in [5.41, 5.74) is 0.495. The van der Waals surface area contributed by atoms with E-state index in [1.54, 1.807) is 48.5 Å². The van der Waals surface area contributed by atoms with Crippen molar-refractivity contribution >= 4 is 59.1 Å². The quantitative estimate of drug-likeness (QED) is 0.0664. The van der Waals surface area contributed by atoms with Crippen molar-refractivity contribution in [2.75, 3.05) is 76.4 Å². The molecule has 0 atom stereocenters. The lowest BCUT2D eigenvalue weighted by Gasteiger charge is -2.26. The van der Waals surface area contributed by atoms with Crippen LogP contribution in [0.25, 0.3) is 0 Å². The minimum absolute atomic E-state index is 0.109. The molecule has 0 aliphatic carbocycles. The van der Waals surface area contributed by atoms with Crippen molar-refractivity contribution in [2.24, 2.45) is 0 Å². The monoisotopic (exact) mass is 764 g/mol. The van der Waals surface area contributed by atoms with Crippen LogP contribution in [-0.4, -0.2) is 114 Å². The number of para-hydroxylation sites is 4. The fourth-order valence-corrected chi connectivity index (χ4v) is 3.96.